The van der Waals surface area contributed by atoms with Crippen LogP contribution in [0.5, 0.6) is 0 Å². The Morgan fingerprint density at radius 3 is 2.57 bits per heavy atom. The highest BCUT2D eigenvalue weighted by atomic mass is 16.2. The van der Waals surface area contributed by atoms with Crippen LogP contribution < -0.4 is 5.73 Å². The molecule has 1 saturated heterocycles. The number of hydrogen-bond acceptors (Lipinski definition) is 3. The number of carbonyl (C=O) groups is 1. The monoisotopic (exact) mass is 289 g/mol. The van der Waals surface area contributed by atoms with Crippen LogP contribution in [0.1, 0.15) is 35.7 Å². The Morgan fingerprint density at radius 2 is 1.90 bits per heavy atom. The van der Waals surface area contributed by atoms with E-state index in [1.807, 2.05) is 17.0 Å². The number of hydrogen-bond donors (Lipinski definition) is 1. The average Bonchev–Trinajstić information content (AvgIpc) is 2.78. The number of amides is 1. The number of rotatable bonds is 5. The molecule has 4 heteroatoms. The van der Waals surface area contributed by atoms with Gasteiger partial charge in [0.1, 0.15) is 0 Å². The van der Waals surface area contributed by atoms with Gasteiger partial charge in [0.2, 0.25) is 0 Å². The molecule has 0 bridgehead atoms. The summed E-state index contributed by atoms with van der Waals surface area (Å²) in [7, 11) is 0. The summed E-state index contributed by atoms with van der Waals surface area (Å²) in [4.78, 5) is 17.0. The van der Waals surface area contributed by atoms with Gasteiger partial charge in [0.05, 0.1) is 0 Å². The minimum Gasteiger partial charge on any atom is -0.337 e. The molecule has 1 aromatic carbocycles. The van der Waals surface area contributed by atoms with Crippen molar-refractivity contribution in [1.29, 1.82) is 0 Å². The number of carbonyl (C=O) groups excluding carboxylic acids is 1. The van der Waals surface area contributed by atoms with Gasteiger partial charge < -0.3 is 15.5 Å². The zero-order valence-corrected chi connectivity index (χ0v) is 13.1. The van der Waals surface area contributed by atoms with Gasteiger partial charge in [-0.05, 0) is 56.6 Å². The molecule has 1 amide bonds. The highest BCUT2D eigenvalue weighted by molar-refractivity contribution is 5.94. The molecule has 1 aliphatic heterocycles. The Kier molecular flexibility index (Phi) is 6.21. The van der Waals surface area contributed by atoms with Crippen LogP contribution in [0.25, 0.3) is 0 Å². The van der Waals surface area contributed by atoms with Crippen LogP contribution in [0.2, 0.25) is 0 Å². The van der Waals surface area contributed by atoms with Gasteiger partial charge in [-0.1, -0.05) is 19.1 Å². The third-order valence-electron chi connectivity index (χ3n) is 4.16. The first-order valence-corrected chi connectivity index (χ1v) is 8.05. The maximum atomic E-state index is 12.6. The fourth-order valence-electron chi connectivity index (χ4n) is 2.78. The number of aryl methyl sites for hydroxylation is 1. The summed E-state index contributed by atoms with van der Waals surface area (Å²) in [6.07, 6.45) is 3.09. The largest absolute Gasteiger partial charge is 0.337 e. The first-order valence-electron chi connectivity index (χ1n) is 8.05. The fourth-order valence-corrected chi connectivity index (χ4v) is 2.78. The smallest absolute Gasteiger partial charge is 0.253 e. The highest BCUT2D eigenvalue weighted by Gasteiger charge is 2.19. The van der Waals surface area contributed by atoms with E-state index in [2.05, 4.69) is 24.0 Å². The molecule has 1 fully saturated rings. The molecule has 0 aromatic heterocycles. The Balaban J connectivity index is 1.92. The van der Waals surface area contributed by atoms with E-state index in [1.165, 1.54) is 5.56 Å². The Hall–Kier alpha value is -1.39. The van der Waals surface area contributed by atoms with Crippen LogP contribution in [0.3, 0.4) is 0 Å². The molecule has 2 N–H and O–H groups in total. The summed E-state index contributed by atoms with van der Waals surface area (Å²) in [6.45, 7) is 7.61. The third kappa shape index (κ3) is 4.55. The molecule has 1 aliphatic rings. The minimum atomic E-state index is 0.165. The lowest BCUT2D eigenvalue weighted by Crippen LogP contribution is -2.35. The summed E-state index contributed by atoms with van der Waals surface area (Å²) in [5, 5.41) is 0. The molecule has 1 heterocycles. The molecule has 0 atom stereocenters. The van der Waals surface area contributed by atoms with Gasteiger partial charge in [0, 0.05) is 25.2 Å². The van der Waals surface area contributed by atoms with Crippen LogP contribution in [-0.2, 0) is 6.42 Å². The van der Waals surface area contributed by atoms with Crippen molar-refractivity contribution in [2.75, 3.05) is 39.3 Å². The van der Waals surface area contributed by atoms with Gasteiger partial charge in [0.15, 0.2) is 0 Å². The van der Waals surface area contributed by atoms with Crippen LogP contribution in [0, 0.1) is 0 Å². The normalized spacial score (nSPS) is 16.8. The van der Waals surface area contributed by atoms with E-state index in [9.17, 15) is 4.79 Å². The number of nitrogens with two attached hydrogens (primary N) is 1. The first kappa shape index (κ1) is 16.0. The van der Waals surface area contributed by atoms with E-state index in [1.54, 1.807) is 0 Å². The molecule has 21 heavy (non-hydrogen) atoms. The third-order valence-corrected chi connectivity index (χ3v) is 4.16. The standard InChI is InChI=1S/C17H27N3O/c1-2-15-5-7-16(8-6-15)17(21)20-12-4-11-19(13-14-20)10-3-9-18/h5-8H,2-4,9-14,18H2,1H3. The zero-order valence-electron chi connectivity index (χ0n) is 13.1. The van der Waals surface area contributed by atoms with Gasteiger partial charge in [-0.3, -0.25) is 4.79 Å². The van der Waals surface area contributed by atoms with Crippen LogP contribution in [0.15, 0.2) is 24.3 Å². The molecule has 0 spiro atoms. The van der Waals surface area contributed by atoms with Crippen molar-refractivity contribution in [3.8, 4) is 0 Å². The maximum Gasteiger partial charge on any atom is 0.253 e. The van der Waals surface area contributed by atoms with Crippen LogP contribution >= 0.6 is 0 Å². The van der Waals surface area contributed by atoms with E-state index in [0.717, 1.165) is 64.1 Å². The lowest BCUT2D eigenvalue weighted by molar-refractivity contribution is 0.0761. The zero-order chi connectivity index (χ0) is 15.1. The second-order valence-electron chi connectivity index (χ2n) is 5.68. The molecule has 2 rings (SSSR count). The summed E-state index contributed by atoms with van der Waals surface area (Å²) in [5.74, 6) is 0.165. The Morgan fingerprint density at radius 1 is 1.14 bits per heavy atom. The fraction of sp³-hybridized carbons (Fsp3) is 0.588. The van der Waals surface area contributed by atoms with Crippen molar-refractivity contribution in [3.63, 3.8) is 0 Å². The van der Waals surface area contributed by atoms with Crippen molar-refractivity contribution in [2.45, 2.75) is 26.2 Å². The van der Waals surface area contributed by atoms with E-state index < -0.39 is 0 Å². The quantitative estimate of drug-likeness (QED) is 0.898. The average molecular weight is 289 g/mol. The molecule has 0 unspecified atom stereocenters. The van der Waals surface area contributed by atoms with Gasteiger partial charge in [-0.2, -0.15) is 0 Å². The number of benzene rings is 1. The van der Waals surface area contributed by atoms with Crippen LogP contribution in [-0.4, -0.2) is 55.0 Å². The summed E-state index contributed by atoms with van der Waals surface area (Å²) < 4.78 is 0. The van der Waals surface area contributed by atoms with Gasteiger partial charge in [-0.25, -0.2) is 0 Å². The van der Waals surface area contributed by atoms with E-state index in [0.29, 0.717) is 0 Å². The predicted molar refractivity (Wildman–Crippen MR) is 86.5 cm³/mol. The molecule has 0 aliphatic carbocycles. The molecular weight excluding hydrogens is 262 g/mol. The van der Waals surface area contributed by atoms with Crippen molar-refractivity contribution in [3.05, 3.63) is 35.4 Å². The van der Waals surface area contributed by atoms with Gasteiger partial charge >= 0.3 is 0 Å². The second kappa shape index (κ2) is 8.15. The molecule has 0 saturated carbocycles. The Labute approximate surface area is 127 Å². The molecule has 116 valence electrons. The summed E-state index contributed by atoms with van der Waals surface area (Å²) in [5.41, 5.74) is 7.65. The summed E-state index contributed by atoms with van der Waals surface area (Å²) >= 11 is 0. The van der Waals surface area contributed by atoms with Crippen molar-refractivity contribution in [2.24, 2.45) is 5.73 Å². The maximum absolute atomic E-state index is 12.6. The summed E-state index contributed by atoms with van der Waals surface area (Å²) in [6, 6.07) is 8.02. The van der Waals surface area contributed by atoms with Gasteiger partial charge in [0.25, 0.3) is 5.91 Å². The van der Waals surface area contributed by atoms with Crippen molar-refractivity contribution in [1.82, 2.24) is 9.80 Å². The van der Waals surface area contributed by atoms with Crippen molar-refractivity contribution >= 4 is 5.91 Å². The lowest BCUT2D eigenvalue weighted by atomic mass is 10.1. The molecule has 4 nitrogen and oxygen atoms in total. The predicted octanol–water partition coefficient (Wildman–Crippen LogP) is 1.75. The number of nitrogens with zero attached hydrogens (tertiary/aromatic N) is 2. The molecular formula is C17H27N3O. The Bertz CT molecular complexity index is 444. The van der Waals surface area contributed by atoms with Crippen molar-refractivity contribution < 1.29 is 4.79 Å². The van der Waals surface area contributed by atoms with Crippen LogP contribution in [0.4, 0.5) is 0 Å². The first-order chi connectivity index (χ1) is 10.2. The lowest BCUT2D eigenvalue weighted by Gasteiger charge is -2.22. The molecule has 1 aromatic rings. The van der Waals surface area contributed by atoms with Gasteiger partial charge in [-0.15, -0.1) is 0 Å². The second-order valence-corrected chi connectivity index (χ2v) is 5.68. The van der Waals surface area contributed by atoms with E-state index in [4.69, 9.17) is 5.73 Å². The van der Waals surface area contributed by atoms with E-state index in [-0.39, 0.29) is 5.91 Å². The topological polar surface area (TPSA) is 49.6 Å². The highest BCUT2D eigenvalue weighted by Crippen LogP contribution is 2.11. The molecule has 0 radical (unpaired) electrons. The van der Waals surface area contributed by atoms with E-state index >= 15 is 0 Å². The minimum absolute atomic E-state index is 0.165. The SMILES string of the molecule is CCc1ccc(C(=O)N2CCCN(CCCN)CC2)cc1.